The molecule has 0 fully saturated rings. The Balaban J connectivity index is 2.08. The van der Waals surface area contributed by atoms with Crippen LogP contribution >= 0.6 is 11.8 Å². The van der Waals surface area contributed by atoms with Crippen LogP contribution in [0.15, 0.2) is 57.0 Å². The lowest BCUT2D eigenvalue weighted by Crippen LogP contribution is -2.03. The molecular weight excluding hydrogens is 284 g/mol. The molecule has 0 aliphatic rings. The molecule has 0 aliphatic heterocycles. The molecule has 0 amide bonds. The van der Waals surface area contributed by atoms with E-state index in [-0.39, 0.29) is 0 Å². The number of rotatable bonds is 1. The van der Waals surface area contributed by atoms with Gasteiger partial charge in [-0.25, -0.2) is 14.8 Å². The van der Waals surface area contributed by atoms with Crippen molar-refractivity contribution in [1.29, 1.82) is 0 Å². The highest BCUT2D eigenvalue weighted by atomic mass is 32.2. The van der Waals surface area contributed by atoms with E-state index >= 15 is 0 Å². The van der Waals surface area contributed by atoms with Crippen LogP contribution in [0, 0.1) is 11.8 Å². The molecule has 0 saturated heterocycles. The van der Waals surface area contributed by atoms with Crippen molar-refractivity contribution in [1.82, 2.24) is 9.97 Å². The normalized spacial score (nSPS) is 10.1. The van der Waals surface area contributed by atoms with E-state index < -0.39 is 5.63 Å². The van der Waals surface area contributed by atoms with E-state index in [9.17, 15) is 4.79 Å². The van der Waals surface area contributed by atoms with E-state index in [1.807, 2.05) is 36.6 Å². The van der Waals surface area contributed by atoms with Gasteiger partial charge in [0.05, 0.1) is 5.52 Å². The van der Waals surface area contributed by atoms with Gasteiger partial charge < -0.3 is 4.42 Å². The second kappa shape index (κ2) is 5.81. The van der Waals surface area contributed by atoms with Crippen molar-refractivity contribution in [3.63, 3.8) is 0 Å². The van der Waals surface area contributed by atoms with Gasteiger partial charge in [-0.3, -0.25) is 0 Å². The van der Waals surface area contributed by atoms with E-state index in [1.54, 1.807) is 6.07 Å². The van der Waals surface area contributed by atoms with Crippen molar-refractivity contribution in [3.8, 4) is 11.8 Å². The maximum Gasteiger partial charge on any atom is 0.347 e. The van der Waals surface area contributed by atoms with Crippen LogP contribution < -0.4 is 5.63 Å². The van der Waals surface area contributed by atoms with E-state index in [1.165, 1.54) is 18.0 Å². The number of thioether (sulfide) groups is 1. The summed E-state index contributed by atoms with van der Waals surface area (Å²) in [6.45, 7) is 0. The molecule has 21 heavy (non-hydrogen) atoms. The molecule has 0 saturated carbocycles. The van der Waals surface area contributed by atoms with Gasteiger partial charge in [0.1, 0.15) is 5.39 Å². The monoisotopic (exact) mass is 294 g/mol. The summed E-state index contributed by atoms with van der Waals surface area (Å²) in [7, 11) is 0. The van der Waals surface area contributed by atoms with E-state index in [0.29, 0.717) is 21.8 Å². The molecule has 0 atom stereocenters. The van der Waals surface area contributed by atoms with Crippen LogP contribution in [0.5, 0.6) is 0 Å². The fraction of sp³-hybridized carbons (Fsp3) is 0.0625. The Hall–Kier alpha value is -2.58. The molecule has 102 valence electrons. The van der Waals surface area contributed by atoms with Gasteiger partial charge in [0.15, 0.2) is 10.9 Å². The zero-order chi connectivity index (χ0) is 14.7. The molecule has 0 unspecified atom stereocenters. The minimum atomic E-state index is -0.475. The van der Waals surface area contributed by atoms with Crippen LogP contribution in [0.1, 0.15) is 11.3 Å². The summed E-state index contributed by atoms with van der Waals surface area (Å²) < 4.78 is 5.17. The molecule has 3 aromatic rings. The zero-order valence-electron chi connectivity index (χ0n) is 11.2. The van der Waals surface area contributed by atoms with Crippen LogP contribution in [-0.2, 0) is 0 Å². The molecule has 2 aromatic heterocycles. The maximum atomic E-state index is 11.9. The summed E-state index contributed by atoms with van der Waals surface area (Å²) in [5.74, 6) is 6.09. The minimum absolute atomic E-state index is 0.294. The second-order valence-corrected chi connectivity index (χ2v) is 4.94. The number of fused-ring (bicyclic) bond motifs is 1. The minimum Gasteiger partial charge on any atom is -0.413 e. The van der Waals surface area contributed by atoms with Crippen molar-refractivity contribution in [2.75, 3.05) is 6.26 Å². The lowest BCUT2D eigenvalue weighted by molar-refractivity contribution is 0.506. The largest absolute Gasteiger partial charge is 0.413 e. The number of aromatic nitrogens is 2. The lowest BCUT2D eigenvalue weighted by atomic mass is 10.2. The lowest BCUT2D eigenvalue weighted by Gasteiger charge is -1.98. The molecule has 0 bridgehead atoms. The summed E-state index contributed by atoms with van der Waals surface area (Å²) >= 11 is 1.41. The number of hydrogen-bond donors (Lipinski definition) is 0. The summed E-state index contributed by atoms with van der Waals surface area (Å²) in [6, 6.07) is 11.2. The van der Waals surface area contributed by atoms with Gasteiger partial charge in [0.2, 0.25) is 0 Å². The fourth-order valence-corrected chi connectivity index (χ4v) is 2.12. The number of hydrogen-bond acceptors (Lipinski definition) is 5. The summed E-state index contributed by atoms with van der Waals surface area (Å²) in [5.41, 5.74) is 0.924. The first-order chi connectivity index (χ1) is 10.3. The molecule has 4 nitrogen and oxygen atoms in total. The van der Waals surface area contributed by atoms with Crippen LogP contribution in [0.3, 0.4) is 0 Å². The number of nitrogens with zero attached hydrogens (tertiary/aromatic N) is 2. The maximum absolute atomic E-state index is 11.9. The zero-order valence-corrected chi connectivity index (χ0v) is 12.0. The first-order valence-corrected chi connectivity index (χ1v) is 7.41. The Kier molecular flexibility index (Phi) is 3.71. The molecule has 0 radical (unpaired) electrons. The molecule has 2 heterocycles. The van der Waals surface area contributed by atoms with Gasteiger partial charge >= 0.3 is 5.63 Å². The molecule has 1 aromatic carbocycles. The predicted molar refractivity (Wildman–Crippen MR) is 82.3 cm³/mol. The van der Waals surface area contributed by atoms with Crippen molar-refractivity contribution < 1.29 is 4.42 Å². The second-order valence-electron chi connectivity index (χ2n) is 4.17. The van der Waals surface area contributed by atoms with Crippen molar-refractivity contribution in [3.05, 3.63) is 64.3 Å². The van der Waals surface area contributed by atoms with Gasteiger partial charge in [-0.05, 0) is 24.3 Å². The van der Waals surface area contributed by atoms with Gasteiger partial charge in [0.25, 0.3) is 0 Å². The Morgan fingerprint density at radius 1 is 1.19 bits per heavy atom. The molecule has 3 rings (SSSR count). The standard InChI is InChI=1S/C16H10N2O2S/c1-21-16-17-10-13-14(18-16)9-12(20-15(13)19)8-7-11-5-3-2-4-6-11/h2-6,9-10H,1H3. The first kappa shape index (κ1) is 13.4. The van der Waals surface area contributed by atoms with Gasteiger partial charge in [-0.2, -0.15) is 0 Å². The van der Waals surface area contributed by atoms with E-state index in [2.05, 4.69) is 21.8 Å². The van der Waals surface area contributed by atoms with E-state index in [4.69, 9.17) is 4.42 Å². The summed E-state index contributed by atoms with van der Waals surface area (Å²) in [6.07, 6.45) is 3.36. The highest BCUT2D eigenvalue weighted by Gasteiger charge is 2.06. The van der Waals surface area contributed by atoms with Gasteiger partial charge in [-0.15, -0.1) is 0 Å². The quantitative estimate of drug-likeness (QED) is 0.392. The molecule has 5 heteroatoms. The Labute approximate surface area is 125 Å². The molecular formula is C16H10N2O2S. The molecule has 0 spiro atoms. The number of benzene rings is 1. The SMILES string of the molecule is CSc1ncc2c(=O)oc(C#Cc3ccccc3)cc2n1. The van der Waals surface area contributed by atoms with Gasteiger partial charge in [-0.1, -0.05) is 35.9 Å². The Morgan fingerprint density at radius 2 is 2.00 bits per heavy atom. The topological polar surface area (TPSA) is 56.0 Å². The Bertz CT molecular complexity index is 908. The smallest absolute Gasteiger partial charge is 0.347 e. The third-order valence-corrected chi connectivity index (χ3v) is 3.33. The molecule has 0 aliphatic carbocycles. The van der Waals surface area contributed by atoms with Crippen molar-refractivity contribution in [2.24, 2.45) is 0 Å². The average Bonchev–Trinajstić information content (AvgIpc) is 2.53. The van der Waals surface area contributed by atoms with E-state index in [0.717, 1.165) is 5.56 Å². The average molecular weight is 294 g/mol. The highest BCUT2D eigenvalue weighted by Crippen LogP contribution is 2.13. The van der Waals surface area contributed by atoms with Crippen LogP contribution in [-0.4, -0.2) is 16.2 Å². The Morgan fingerprint density at radius 3 is 2.76 bits per heavy atom. The summed E-state index contributed by atoms with van der Waals surface area (Å²) in [5, 5.41) is 0.966. The predicted octanol–water partition coefficient (Wildman–Crippen LogP) is 2.70. The highest BCUT2D eigenvalue weighted by molar-refractivity contribution is 7.98. The van der Waals surface area contributed by atoms with Crippen LogP contribution in [0.25, 0.3) is 10.9 Å². The van der Waals surface area contributed by atoms with Crippen molar-refractivity contribution in [2.45, 2.75) is 5.16 Å². The summed E-state index contributed by atoms with van der Waals surface area (Å²) in [4.78, 5) is 20.2. The molecule has 0 N–H and O–H groups in total. The van der Waals surface area contributed by atoms with Crippen LogP contribution in [0.4, 0.5) is 0 Å². The van der Waals surface area contributed by atoms with Crippen molar-refractivity contribution >= 4 is 22.7 Å². The third kappa shape index (κ3) is 2.96. The fourth-order valence-electron chi connectivity index (χ4n) is 1.77. The van der Waals surface area contributed by atoms with Crippen LogP contribution in [0.2, 0.25) is 0 Å². The third-order valence-electron chi connectivity index (χ3n) is 2.77. The van der Waals surface area contributed by atoms with Gasteiger partial charge in [0, 0.05) is 17.8 Å². The first-order valence-electron chi connectivity index (χ1n) is 6.18.